The van der Waals surface area contributed by atoms with Crippen LogP contribution in [-0.4, -0.2) is 50.1 Å². The molecule has 0 radical (unpaired) electrons. The van der Waals surface area contributed by atoms with Crippen molar-refractivity contribution in [3.05, 3.63) is 28.7 Å². The summed E-state index contributed by atoms with van der Waals surface area (Å²) >= 11 is 0. The summed E-state index contributed by atoms with van der Waals surface area (Å²) in [5.41, 5.74) is 1.91. The maximum atomic E-state index is 13.1. The summed E-state index contributed by atoms with van der Waals surface area (Å²) in [6.07, 6.45) is 4.30. The number of hydrogen-bond donors (Lipinski definition) is 0. The summed E-state index contributed by atoms with van der Waals surface area (Å²) in [5.74, 6) is 3.08. The van der Waals surface area contributed by atoms with Gasteiger partial charge in [0.2, 0.25) is 11.8 Å². The van der Waals surface area contributed by atoms with Crippen LogP contribution in [-0.2, 0) is 17.9 Å². The van der Waals surface area contributed by atoms with Gasteiger partial charge < -0.3 is 13.9 Å². The molecule has 1 aliphatic carbocycles. The van der Waals surface area contributed by atoms with E-state index in [2.05, 4.69) is 20.2 Å². The molecule has 2 aromatic heterocycles. The minimum Gasteiger partial charge on any atom is -0.361 e. The fourth-order valence-electron chi connectivity index (χ4n) is 4.39. The Kier molecular flexibility index (Phi) is 4.03. The zero-order chi connectivity index (χ0) is 18.5. The lowest BCUT2D eigenvalue weighted by Crippen LogP contribution is -2.47. The first-order valence-electron chi connectivity index (χ1n) is 9.85. The van der Waals surface area contributed by atoms with Gasteiger partial charge in [-0.1, -0.05) is 10.3 Å². The van der Waals surface area contributed by atoms with Crippen LogP contribution in [0.4, 0.5) is 0 Å². The molecular formula is C19H25N5O3. The SMILES string of the molecule is Cc1noc(C)c1CN1C(=O)[C@@H]2CC[C@H]1CN(Cc1noc(C3CC3)n1)C2. The summed E-state index contributed by atoms with van der Waals surface area (Å²) in [6, 6.07) is 0.208. The number of nitrogens with zero attached hydrogens (tertiary/aromatic N) is 5. The molecule has 4 aliphatic rings. The largest absolute Gasteiger partial charge is 0.361 e. The lowest BCUT2D eigenvalue weighted by Gasteiger charge is -2.36. The van der Waals surface area contributed by atoms with E-state index in [0.29, 0.717) is 19.0 Å². The molecule has 2 aromatic rings. The number of piperidine rings is 1. The second-order valence-corrected chi connectivity index (χ2v) is 8.21. The van der Waals surface area contributed by atoms with Crippen LogP contribution in [0.3, 0.4) is 0 Å². The van der Waals surface area contributed by atoms with E-state index in [4.69, 9.17) is 9.05 Å². The third-order valence-electron chi connectivity index (χ3n) is 6.15. The van der Waals surface area contributed by atoms with E-state index in [1.54, 1.807) is 0 Å². The zero-order valence-corrected chi connectivity index (χ0v) is 15.8. The van der Waals surface area contributed by atoms with Crippen LogP contribution in [0.1, 0.15) is 60.3 Å². The summed E-state index contributed by atoms with van der Waals surface area (Å²) in [6.45, 7) is 6.70. The minimum atomic E-state index is 0.0408. The second kappa shape index (κ2) is 6.44. The van der Waals surface area contributed by atoms with Crippen molar-refractivity contribution in [2.24, 2.45) is 5.92 Å². The second-order valence-electron chi connectivity index (χ2n) is 8.21. The Bertz CT molecular complexity index is 836. The van der Waals surface area contributed by atoms with Crippen molar-refractivity contribution < 1.29 is 13.8 Å². The van der Waals surface area contributed by atoms with Gasteiger partial charge in [-0.2, -0.15) is 4.98 Å². The van der Waals surface area contributed by atoms with Crippen molar-refractivity contribution in [2.75, 3.05) is 13.1 Å². The van der Waals surface area contributed by atoms with E-state index in [-0.39, 0.29) is 17.9 Å². The number of hydrogen-bond acceptors (Lipinski definition) is 7. The fourth-order valence-corrected chi connectivity index (χ4v) is 4.39. The molecule has 144 valence electrons. The number of carbonyl (C=O) groups is 1. The maximum absolute atomic E-state index is 13.1. The standard InChI is InChI=1S/C19H25N5O3/c1-11-16(12(2)26-21-11)9-24-15-6-5-14(19(24)25)7-23(8-15)10-17-20-18(27-22-17)13-3-4-13/h13-15H,3-10H2,1-2H3/t14-,15+/m1/s1. The Morgan fingerprint density at radius 3 is 2.56 bits per heavy atom. The van der Waals surface area contributed by atoms with Crippen LogP contribution in [0, 0.1) is 19.8 Å². The van der Waals surface area contributed by atoms with Crippen molar-refractivity contribution in [1.82, 2.24) is 25.1 Å². The third-order valence-corrected chi connectivity index (χ3v) is 6.15. The first-order valence-corrected chi connectivity index (χ1v) is 9.85. The van der Waals surface area contributed by atoms with Gasteiger partial charge in [-0.15, -0.1) is 0 Å². The normalized spacial score (nSPS) is 26.0. The molecule has 1 amide bonds. The molecule has 2 atom stereocenters. The molecule has 3 aliphatic heterocycles. The van der Waals surface area contributed by atoms with Gasteiger partial charge in [-0.05, 0) is 39.5 Å². The summed E-state index contributed by atoms with van der Waals surface area (Å²) in [4.78, 5) is 22.0. The lowest BCUT2D eigenvalue weighted by molar-refractivity contribution is -0.140. The summed E-state index contributed by atoms with van der Waals surface area (Å²) in [5, 5.41) is 8.18. The Morgan fingerprint density at radius 2 is 1.81 bits per heavy atom. The summed E-state index contributed by atoms with van der Waals surface area (Å²) in [7, 11) is 0. The van der Waals surface area contributed by atoms with Crippen molar-refractivity contribution >= 4 is 5.91 Å². The highest BCUT2D eigenvalue weighted by atomic mass is 16.5. The Hall–Kier alpha value is -2.22. The van der Waals surface area contributed by atoms with Gasteiger partial charge in [0.25, 0.3) is 0 Å². The topological polar surface area (TPSA) is 88.5 Å². The predicted molar refractivity (Wildman–Crippen MR) is 94.6 cm³/mol. The molecule has 1 saturated carbocycles. The first kappa shape index (κ1) is 16.9. The van der Waals surface area contributed by atoms with Gasteiger partial charge in [0.05, 0.1) is 24.7 Å². The molecule has 4 fully saturated rings. The highest BCUT2D eigenvalue weighted by molar-refractivity contribution is 5.80. The van der Waals surface area contributed by atoms with Gasteiger partial charge in [-0.25, -0.2) is 0 Å². The monoisotopic (exact) mass is 371 g/mol. The Balaban J connectivity index is 1.32. The highest BCUT2D eigenvalue weighted by Crippen LogP contribution is 2.39. The maximum Gasteiger partial charge on any atom is 0.229 e. The number of aromatic nitrogens is 3. The predicted octanol–water partition coefficient (Wildman–Crippen LogP) is 2.17. The van der Waals surface area contributed by atoms with Crippen molar-refractivity contribution in [3.63, 3.8) is 0 Å². The van der Waals surface area contributed by atoms with Crippen LogP contribution < -0.4 is 0 Å². The van der Waals surface area contributed by atoms with Crippen LogP contribution in [0.5, 0.6) is 0 Å². The van der Waals surface area contributed by atoms with E-state index >= 15 is 0 Å². The van der Waals surface area contributed by atoms with Gasteiger partial charge in [0.1, 0.15) is 5.76 Å². The van der Waals surface area contributed by atoms with Crippen LogP contribution in [0.15, 0.2) is 9.05 Å². The molecule has 2 bridgehead atoms. The molecule has 0 N–H and O–H groups in total. The van der Waals surface area contributed by atoms with Crippen molar-refractivity contribution in [2.45, 2.75) is 64.6 Å². The zero-order valence-electron chi connectivity index (χ0n) is 15.8. The van der Waals surface area contributed by atoms with Crippen LogP contribution >= 0.6 is 0 Å². The van der Waals surface area contributed by atoms with Crippen molar-refractivity contribution in [1.29, 1.82) is 0 Å². The van der Waals surface area contributed by atoms with Crippen LogP contribution in [0.2, 0.25) is 0 Å². The Morgan fingerprint density at radius 1 is 1.00 bits per heavy atom. The quantitative estimate of drug-likeness (QED) is 0.796. The smallest absolute Gasteiger partial charge is 0.229 e. The van der Waals surface area contributed by atoms with Gasteiger partial charge >= 0.3 is 0 Å². The van der Waals surface area contributed by atoms with E-state index < -0.39 is 0 Å². The molecule has 0 unspecified atom stereocenters. The number of aryl methyl sites for hydroxylation is 2. The molecular weight excluding hydrogens is 346 g/mol. The van der Waals surface area contributed by atoms with E-state index in [1.807, 2.05) is 18.7 Å². The molecule has 0 aromatic carbocycles. The molecule has 0 spiro atoms. The number of amides is 1. The highest BCUT2D eigenvalue weighted by Gasteiger charge is 2.41. The fraction of sp³-hybridized carbons (Fsp3) is 0.684. The van der Waals surface area contributed by atoms with Gasteiger partial charge in [0.15, 0.2) is 5.82 Å². The molecule has 6 rings (SSSR count). The number of carbonyl (C=O) groups excluding carboxylic acids is 1. The van der Waals surface area contributed by atoms with Gasteiger partial charge in [-0.3, -0.25) is 9.69 Å². The number of fused-ring (bicyclic) bond motifs is 4. The first-order chi connectivity index (χ1) is 13.1. The van der Waals surface area contributed by atoms with Crippen molar-refractivity contribution in [3.8, 4) is 0 Å². The molecule has 27 heavy (non-hydrogen) atoms. The Labute approximate surface area is 157 Å². The molecule has 5 heterocycles. The molecule has 8 heteroatoms. The van der Waals surface area contributed by atoms with Gasteiger partial charge in [0, 0.05) is 30.6 Å². The molecule has 3 saturated heterocycles. The minimum absolute atomic E-state index is 0.0408. The average molecular weight is 371 g/mol. The number of rotatable bonds is 5. The average Bonchev–Trinajstić information content (AvgIpc) is 3.38. The third kappa shape index (κ3) is 3.16. The van der Waals surface area contributed by atoms with E-state index in [0.717, 1.165) is 67.5 Å². The summed E-state index contributed by atoms with van der Waals surface area (Å²) < 4.78 is 10.7. The molecule has 8 nitrogen and oxygen atoms in total. The van der Waals surface area contributed by atoms with Crippen LogP contribution in [0.25, 0.3) is 0 Å². The lowest BCUT2D eigenvalue weighted by atomic mass is 9.93. The van der Waals surface area contributed by atoms with E-state index in [9.17, 15) is 4.79 Å². The van der Waals surface area contributed by atoms with E-state index in [1.165, 1.54) is 0 Å².